The summed E-state index contributed by atoms with van der Waals surface area (Å²) in [4.78, 5) is 19.4. The lowest BCUT2D eigenvalue weighted by Gasteiger charge is -2.42. The quantitative estimate of drug-likeness (QED) is 0.660. The number of nitrogens with zero attached hydrogens (tertiary/aromatic N) is 2. The first kappa shape index (κ1) is 17.8. The first-order valence-electron chi connectivity index (χ1n) is 9.02. The van der Waals surface area contributed by atoms with Crippen molar-refractivity contribution in [3.05, 3.63) is 71.4 Å². The lowest BCUT2D eigenvalue weighted by Crippen LogP contribution is -2.57. The molecule has 0 N–H and O–H groups in total. The summed E-state index contributed by atoms with van der Waals surface area (Å²) >= 11 is 5.90. The van der Waals surface area contributed by atoms with E-state index >= 15 is 0 Å². The molecule has 4 nitrogen and oxygen atoms in total. The second-order valence-electron chi connectivity index (χ2n) is 7.40. The molecule has 1 fully saturated rings. The van der Waals surface area contributed by atoms with Crippen LogP contribution < -0.4 is 4.74 Å². The maximum Gasteiger partial charge on any atom is 0.266 e. The molecule has 3 aromatic rings. The van der Waals surface area contributed by atoms with Crippen LogP contribution in [0.1, 0.15) is 25.5 Å². The number of carbonyl (C=O) groups excluding carboxylic acids is 1. The van der Waals surface area contributed by atoms with Crippen molar-refractivity contribution in [3.8, 4) is 5.75 Å². The Labute approximate surface area is 163 Å². The summed E-state index contributed by atoms with van der Waals surface area (Å²) in [6.45, 7) is 4.92. The van der Waals surface area contributed by atoms with Crippen LogP contribution in [0.5, 0.6) is 5.75 Å². The van der Waals surface area contributed by atoms with Crippen molar-refractivity contribution in [1.82, 2.24) is 9.88 Å². The Balaban J connectivity index is 1.41. The molecule has 4 rings (SSSR count). The van der Waals surface area contributed by atoms with Gasteiger partial charge < -0.3 is 9.64 Å². The maximum atomic E-state index is 12.9. The number of pyridine rings is 1. The minimum absolute atomic E-state index is 0.0190. The summed E-state index contributed by atoms with van der Waals surface area (Å²) < 4.78 is 5.91. The van der Waals surface area contributed by atoms with Crippen LogP contribution in [-0.2, 0) is 4.79 Å². The van der Waals surface area contributed by atoms with Crippen LogP contribution in [0.4, 0.5) is 0 Å². The molecule has 2 aromatic carbocycles. The number of para-hydroxylation sites is 1. The van der Waals surface area contributed by atoms with E-state index in [4.69, 9.17) is 21.3 Å². The van der Waals surface area contributed by atoms with Gasteiger partial charge in [0, 0.05) is 35.1 Å². The van der Waals surface area contributed by atoms with E-state index in [-0.39, 0.29) is 11.8 Å². The van der Waals surface area contributed by atoms with Crippen LogP contribution in [-0.4, -0.2) is 34.5 Å². The van der Waals surface area contributed by atoms with Crippen molar-refractivity contribution >= 4 is 28.4 Å². The predicted molar refractivity (Wildman–Crippen MR) is 107 cm³/mol. The molecular formula is C22H21ClN2O2. The van der Waals surface area contributed by atoms with Crippen LogP contribution in [0.15, 0.2) is 60.7 Å². The number of hydrogen-bond acceptors (Lipinski definition) is 3. The number of carbonyl (C=O) groups is 1. The van der Waals surface area contributed by atoms with Gasteiger partial charge in [0.1, 0.15) is 5.75 Å². The molecule has 2 heterocycles. The van der Waals surface area contributed by atoms with Gasteiger partial charge in [-0.2, -0.15) is 0 Å². The Hall–Kier alpha value is -2.59. The molecule has 0 spiro atoms. The highest BCUT2D eigenvalue weighted by Gasteiger charge is 2.41. The summed E-state index contributed by atoms with van der Waals surface area (Å²) in [6.07, 6.45) is 0. The van der Waals surface area contributed by atoms with E-state index in [1.54, 1.807) is 38.1 Å². The minimum Gasteiger partial charge on any atom is -0.478 e. The summed E-state index contributed by atoms with van der Waals surface area (Å²) in [7, 11) is 0. The number of fused-ring (bicyclic) bond motifs is 1. The van der Waals surface area contributed by atoms with Crippen LogP contribution >= 0.6 is 11.6 Å². The zero-order chi connectivity index (χ0) is 19.0. The highest BCUT2D eigenvalue weighted by atomic mass is 35.5. The van der Waals surface area contributed by atoms with E-state index in [0.29, 0.717) is 23.9 Å². The number of halogens is 1. The monoisotopic (exact) mass is 380 g/mol. The molecule has 0 atom stereocenters. The van der Waals surface area contributed by atoms with Gasteiger partial charge >= 0.3 is 0 Å². The number of benzene rings is 2. The molecule has 5 heteroatoms. The summed E-state index contributed by atoms with van der Waals surface area (Å²) in [5, 5.41) is 1.77. The van der Waals surface area contributed by atoms with Gasteiger partial charge in [-0.3, -0.25) is 9.78 Å². The van der Waals surface area contributed by atoms with Crippen molar-refractivity contribution in [3.63, 3.8) is 0 Å². The summed E-state index contributed by atoms with van der Waals surface area (Å²) in [6, 6.07) is 19.3. The van der Waals surface area contributed by atoms with E-state index in [0.717, 1.165) is 16.6 Å². The third-order valence-electron chi connectivity index (χ3n) is 4.91. The van der Waals surface area contributed by atoms with Gasteiger partial charge in [0.25, 0.3) is 5.91 Å². The summed E-state index contributed by atoms with van der Waals surface area (Å²) in [5.74, 6) is 0.880. The fourth-order valence-electron chi connectivity index (χ4n) is 3.36. The average Bonchev–Trinajstić information content (AvgIpc) is 2.62. The molecular weight excluding hydrogens is 360 g/mol. The van der Waals surface area contributed by atoms with Crippen molar-refractivity contribution < 1.29 is 9.53 Å². The van der Waals surface area contributed by atoms with E-state index in [2.05, 4.69) is 18.2 Å². The molecule has 1 amide bonds. The number of rotatable bonds is 4. The number of hydrogen-bond donors (Lipinski definition) is 0. The van der Waals surface area contributed by atoms with Crippen molar-refractivity contribution in [1.29, 1.82) is 0 Å². The molecule has 1 saturated heterocycles. The normalized spacial score (nSPS) is 14.9. The van der Waals surface area contributed by atoms with Gasteiger partial charge in [0.2, 0.25) is 0 Å². The first-order valence-corrected chi connectivity index (χ1v) is 9.40. The molecule has 27 heavy (non-hydrogen) atoms. The lowest BCUT2D eigenvalue weighted by molar-refractivity contribution is -0.150. The van der Waals surface area contributed by atoms with E-state index < -0.39 is 5.60 Å². The van der Waals surface area contributed by atoms with Gasteiger partial charge in [0.05, 0.1) is 5.52 Å². The third kappa shape index (κ3) is 3.62. The fourth-order valence-corrected chi connectivity index (χ4v) is 3.49. The second-order valence-corrected chi connectivity index (χ2v) is 7.84. The van der Waals surface area contributed by atoms with Gasteiger partial charge in [-0.15, -0.1) is 0 Å². The number of aromatic nitrogens is 1. The molecule has 0 unspecified atom stereocenters. The Kier molecular flexibility index (Phi) is 4.52. The fraction of sp³-hybridized carbons (Fsp3) is 0.273. The van der Waals surface area contributed by atoms with Crippen molar-refractivity contribution in [2.24, 2.45) is 0 Å². The van der Waals surface area contributed by atoms with Gasteiger partial charge in [-0.05, 0) is 50.2 Å². The number of likely N-dealkylation sites (tertiary alicyclic amines) is 1. The molecule has 1 aliphatic rings. The van der Waals surface area contributed by atoms with E-state index in [9.17, 15) is 4.79 Å². The summed E-state index contributed by atoms with van der Waals surface area (Å²) in [5.41, 5.74) is 1.09. The number of ether oxygens (including phenoxy) is 1. The Morgan fingerprint density at radius 1 is 1.07 bits per heavy atom. The Morgan fingerprint density at radius 2 is 1.78 bits per heavy atom. The van der Waals surface area contributed by atoms with Crippen LogP contribution in [0, 0.1) is 0 Å². The van der Waals surface area contributed by atoms with Gasteiger partial charge in [-0.1, -0.05) is 35.9 Å². The van der Waals surface area contributed by atoms with Gasteiger partial charge in [0.15, 0.2) is 5.60 Å². The zero-order valence-corrected chi connectivity index (χ0v) is 16.1. The van der Waals surface area contributed by atoms with Crippen molar-refractivity contribution in [2.45, 2.75) is 25.4 Å². The molecule has 1 aromatic heterocycles. The van der Waals surface area contributed by atoms with E-state index in [1.165, 1.54) is 0 Å². The molecule has 1 aliphatic heterocycles. The van der Waals surface area contributed by atoms with Crippen LogP contribution in [0.2, 0.25) is 5.02 Å². The molecule has 138 valence electrons. The lowest BCUT2D eigenvalue weighted by atomic mass is 9.93. The van der Waals surface area contributed by atoms with Crippen molar-refractivity contribution in [2.75, 3.05) is 13.1 Å². The smallest absolute Gasteiger partial charge is 0.266 e. The van der Waals surface area contributed by atoms with Crippen LogP contribution in [0.25, 0.3) is 10.9 Å². The minimum atomic E-state index is -0.935. The third-order valence-corrected chi connectivity index (χ3v) is 5.16. The number of amides is 1. The van der Waals surface area contributed by atoms with Crippen LogP contribution in [0.3, 0.4) is 0 Å². The maximum absolute atomic E-state index is 12.9. The average molecular weight is 381 g/mol. The standard InChI is InChI=1S/C22H21ClN2O2/c1-22(2,27-18-10-8-17(23)9-11-18)21(26)25-13-16(14-25)20-12-7-15-5-3-4-6-19(15)24-20/h3-12,16H,13-14H2,1-2H3. The Bertz CT molecular complexity index is 979. The van der Waals surface area contributed by atoms with E-state index in [1.807, 2.05) is 23.1 Å². The second kappa shape index (κ2) is 6.86. The topological polar surface area (TPSA) is 42.4 Å². The Morgan fingerprint density at radius 3 is 2.52 bits per heavy atom. The highest BCUT2D eigenvalue weighted by molar-refractivity contribution is 6.30. The molecule has 0 aliphatic carbocycles. The highest BCUT2D eigenvalue weighted by Crippen LogP contribution is 2.30. The molecule has 0 radical (unpaired) electrons. The first-order chi connectivity index (χ1) is 12.9. The predicted octanol–water partition coefficient (Wildman–Crippen LogP) is 4.67. The largest absolute Gasteiger partial charge is 0.478 e. The molecule has 0 saturated carbocycles. The molecule has 0 bridgehead atoms. The van der Waals surface area contributed by atoms with Gasteiger partial charge in [-0.25, -0.2) is 0 Å². The zero-order valence-electron chi connectivity index (χ0n) is 15.4. The SMILES string of the molecule is CC(C)(Oc1ccc(Cl)cc1)C(=O)N1CC(c2ccc3ccccc3n2)C1.